The van der Waals surface area contributed by atoms with Gasteiger partial charge in [-0.1, -0.05) is 97.1 Å². The Labute approximate surface area is 267 Å². The van der Waals surface area contributed by atoms with Crippen LogP contribution in [0.2, 0.25) is 0 Å². The molecular weight excluding hydrogens is 568 g/mol. The number of aryl methyl sites for hydroxylation is 2. The average molecular weight is 601 g/mol. The number of ether oxygens (including phenoxy) is 2. The van der Waals surface area contributed by atoms with Gasteiger partial charge >= 0.3 is 0 Å². The third-order valence-electron chi connectivity index (χ3n) is 8.80. The van der Waals surface area contributed by atoms with E-state index in [4.69, 9.17) is 19.7 Å². The first-order valence-electron chi connectivity index (χ1n) is 15.4. The molecule has 0 bridgehead atoms. The van der Waals surface area contributed by atoms with Crippen LogP contribution in [0.25, 0.3) is 32.3 Å². The lowest BCUT2D eigenvalue weighted by atomic mass is 9.98. The summed E-state index contributed by atoms with van der Waals surface area (Å²) in [7, 11) is 4.07. The number of benzene rings is 5. The Bertz CT molecular complexity index is 2160. The average Bonchev–Trinajstić information content (AvgIpc) is 3.73. The van der Waals surface area contributed by atoms with Crippen molar-refractivity contribution in [1.29, 1.82) is 0 Å². The highest BCUT2D eigenvalue weighted by molar-refractivity contribution is 5.91. The van der Waals surface area contributed by atoms with Crippen molar-refractivity contribution >= 4 is 32.3 Å². The largest absolute Gasteiger partial charge is 0.461 e. The first-order chi connectivity index (χ1) is 22.7. The van der Waals surface area contributed by atoms with Crippen LogP contribution < -0.4 is 9.47 Å². The van der Waals surface area contributed by atoms with Crippen LogP contribution in [-0.4, -0.2) is 19.3 Å². The van der Waals surface area contributed by atoms with Crippen LogP contribution in [0, 0.1) is 0 Å². The molecule has 46 heavy (non-hydrogen) atoms. The minimum absolute atomic E-state index is 0.414. The van der Waals surface area contributed by atoms with Gasteiger partial charge in [-0.15, -0.1) is 10.2 Å². The quantitative estimate of drug-likeness (QED) is 0.175. The zero-order valence-electron chi connectivity index (χ0n) is 25.6. The Morgan fingerprint density at radius 2 is 0.826 bits per heavy atom. The summed E-state index contributed by atoms with van der Waals surface area (Å²) in [5.41, 5.74) is 4.15. The standard InChI is InChI=1S/C40H32N4O2/c1-43-25-11-23-35(43)37(31-21-9-15-27-13-3-5-17-29(27)31)45-39-33-19-7-8-20-34(33)40(42-41-39)46-38(36-24-12-26-44(36)2)32-22-10-16-28-14-4-6-18-30(28)32/h3-26,37-38H,1-2H3/t37-,38-/m0/s1. The van der Waals surface area contributed by atoms with Gasteiger partial charge in [-0.3, -0.25) is 0 Å². The molecule has 3 aromatic heterocycles. The number of nitrogens with zero attached hydrogens (tertiary/aromatic N) is 4. The molecule has 0 unspecified atom stereocenters. The summed E-state index contributed by atoms with van der Waals surface area (Å²) >= 11 is 0. The fraction of sp³-hybridized carbons (Fsp3) is 0.100. The van der Waals surface area contributed by atoms with E-state index < -0.39 is 12.2 Å². The van der Waals surface area contributed by atoms with Crippen LogP contribution in [-0.2, 0) is 14.1 Å². The molecule has 6 nitrogen and oxygen atoms in total. The van der Waals surface area contributed by atoms with Gasteiger partial charge in [0.15, 0.2) is 12.2 Å². The van der Waals surface area contributed by atoms with Crippen LogP contribution in [0.15, 0.2) is 146 Å². The van der Waals surface area contributed by atoms with E-state index in [1.807, 2.05) is 62.9 Å². The zero-order chi connectivity index (χ0) is 31.0. The van der Waals surface area contributed by atoms with Crippen LogP contribution in [0.4, 0.5) is 0 Å². The van der Waals surface area contributed by atoms with Gasteiger partial charge < -0.3 is 18.6 Å². The van der Waals surface area contributed by atoms with Gasteiger partial charge in [0, 0.05) is 37.6 Å². The smallest absolute Gasteiger partial charge is 0.242 e. The predicted molar refractivity (Wildman–Crippen MR) is 183 cm³/mol. The predicted octanol–water partition coefficient (Wildman–Crippen LogP) is 8.95. The molecule has 0 saturated carbocycles. The molecule has 0 N–H and O–H groups in total. The van der Waals surface area contributed by atoms with Crippen molar-refractivity contribution in [2.24, 2.45) is 14.1 Å². The highest BCUT2D eigenvalue weighted by Crippen LogP contribution is 2.39. The number of rotatable bonds is 8. The molecule has 8 aromatic rings. The van der Waals surface area contributed by atoms with Gasteiger partial charge in [0.1, 0.15) is 0 Å². The normalized spacial score (nSPS) is 12.8. The maximum Gasteiger partial charge on any atom is 0.242 e. The van der Waals surface area contributed by atoms with E-state index in [1.165, 1.54) is 0 Å². The first kappa shape index (κ1) is 27.7. The summed E-state index contributed by atoms with van der Waals surface area (Å²) in [6.45, 7) is 0. The van der Waals surface area contributed by atoms with Crippen molar-refractivity contribution in [3.05, 3.63) is 168 Å². The van der Waals surface area contributed by atoms with Gasteiger partial charge in [-0.2, -0.15) is 0 Å². The minimum atomic E-state index is -0.414. The Hall–Kier alpha value is -5.88. The van der Waals surface area contributed by atoms with Gasteiger partial charge in [0.2, 0.25) is 11.8 Å². The molecule has 0 radical (unpaired) electrons. The number of hydrogen-bond donors (Lipinski definition) is 0. The fourth-order valence-electron chi connectivity index (χ4n) is 6.47. The van der Waals surface area contributed by atoms with E-state index in [0.717, 1.165) is 54.8 Å². The fourth-order valence-corrected chi connectivity index (χ4v) is 6.47. The van der Waals surface area contributed by atoms with E-state index in [0.29, 0.717) is 11.8 Å². The molecule has 0 aliphatic carbocycles. The van der Waals surface area contributed by atoms with Gasteiger partial charge in [-0.25, -0.2) is 0 Å². The molecule has 8 rings (SSSR count). The van der Waals surface area contributed by atoms with Crippen LogP contribution in [0.5, 0.6) is 11.8 Å². The maximum atomic E-state index is 6.89. The van der Waals surface area contributed by atoms with Crippen molar-refractivity contribution in [2.45, 2.75) is 12.2 Å². The van der Waals surface area contributed by atoms with Crippen molar-refractivity contribution in [1.82, 2.24) is 19.3 Å². The Balaban J connectivity index is 1.24. The molecule has 0 amide bonds. The van der Waals surface area contributed by atoms with Gasteiger partial charge in [0.05, 0.1) is 22.2 Å². The molecule has 0 fully saturated rings. The van der Waals surface area contributed by atoms with Gasteiger partial charge in [-0.05, 0) is 57.9 Å². The number of aromatic nitrogens is 4. The van der Waals surface area contributed by atoms with E-state index in [2.05, 4.69) is 106 Å². The second-order valence-corrected chi connectivity index (χ2v) is 11.6. The van der Waals surface area contributed by atoms with Crippen LogP contribution in [0.1, 0.15) is 34.7 Å². The molecular formula is C40H32N4O2. The molecule has 2 atom stereocenters. The summed E-state index contributed by atoms with van der Waals surface area (Å²) < 4.78 is 18.0. The summed E-state index contributed by atoms with van der Waals surface area (Å²) in [4.78, 5) is 0. The molecule has 3 heterocycles. The second kappa shape index (κ2) is 11.6. The molecule has 0 spiro atoms. The van der Waals surface area contributed by atoms with Crippen molar-refractivity contribution in [3.8, 4) is 11.8 Å². The summed E-state index contributed by atoms with van der Waals surface area (Å²) in [6.07, 6.45) is 3.24. The molecule has 6 heteroatoms. The Kier molecular flexibility index (Phi) is 6.95. The van der Waals surface area contributed by atoms with Crippen LogP contribution >= 0.6 is 0 Å². The summed E-state index contributed by atoms with van der Waals surface area (Å²) in [6, 6.07) is 45.7. The highest BCUT2D eigenvalue weighted by atomic mass is 16.5. The lowest BCUT2D eigenvalue weighted by molar-refractivity contribution is 0.218. The molecule has 5 aromatic carbocycles. The number of fused-ring (bicyclic) bond motifs is 3. The second-order valence-electron chi connectivity index (χ2n) is 11.6. The van der Waals surface area contributed by atoms with E-state index in [-0.39, 0.29) is 0 Å². The maximum absolute atomic E-state index is 6.89. The number of hydrogen-bond acceptors (Lipinski definition) is 4. The topological polar surface area (TPSA) is 54.1 Å². The van der Waals surface area contributed by atoms with E-state index >= 15 is 0 Å². The summed E-state index contributed by atoms with van der Waals surface area (Å²) in [5.74, 6) is 0.894. The lowest BCUT2D eigenvalue weighted by Gasteiger charge is -2.24. The highest BCUT2D eigenvalue weighted by Gasteiger charge is 2.26. The molecule has 0 aliphatic heterocycles. The third kappa shape index (κ3) is 4.85. The molecule has 224 valence electrons. The van der Waals surface area contributed by atoms with Crippen molar-refractivity contribution in [3.63, 3.8) is 0 Å². The Morgan fingerprint density at radius 1 is 0.435 bits per heavy atom. The van der Waals surface area contributed by atoms with Crippen molar-refractivity contribution < 1.29 is 9.47 Å². The van der Waals surface area contributed by atoms with Crippen LogP contribution in [0.3, 0.4) is 0 Å². The van der Waals surface area contributed by atoms with E-state index in [1.54, 1.807) is 0 Å². The van der Waals surface area contributed by atoms with Gasteiger partial charge in [0.25, 0.3) is 0 Å². The first-order valence-corrected chi connectivity index (χ1v) is 15.4. The summed E-state index contributed by atoms with van der Waals surface area (Å²) in [5, 5.41) is 15.6. The van der Waals surface area contributed by atoms with E-state index in [9.17, 15) is 0 Å². The molecule has 0 saturated heterocycles. The van der Waals surface area contributed by atoms with Crippen molar-refractivity contribution in [2.75, 3.05) is 0 Å². The molecule has 0 aliphatic rings. The third-order valence-corrected chi connectivity index (χ3v) is 8.80. The minimum Gasteiger partial charge on any atom is -0.461 e. The lowest BCUT2D eigenvalue weighted by Crippen LogP contribution is -2.16. The Morgan fingerprint density at radius 3 is 1.24 bits per heavy atom. The SMILES string of the molecule is Cn1cccc1[C@@H](Oc1nnc(O[C@@H](c2cccc3ccccc23)c2cccn2C)c2ccccc12)c1cccc2ccccc12. The zero-order valence-corrected chi connectivity index (χ0v) is 25.6. The monoisotopic (exact) mass is 600 g/mol.